The predicted octanol–water partition coefficient (Wildman–Crippen LogP) is 3.33. The van der Waals surface area contributed by atoms with Crippen LogP contribution in [0.5, 0.6) is 0 Å². The van der Waals surface area contributed by atoms with E-state index in [0.29, 0.717) is 0 Å². The van der Waals surface area contributed by atoms with Crippen LogP contribution in [0.15, 0.2) is 29.2 Å². The first-order chi connectivity index (χ1) is 7.22. The molecule has 0 saturated carbocycles. The van der Waals surface area contributed by atoms with Crippen molar-refractivity contribution in [2.24, 2.45) is 5.92 Å². The van der Waals surface area contributed by atoms with Crippen molar-refractivity contribution in [3.8, 4) is 0 Å². The minimum Gasteiger partial charge on any atom is -0.317 e. The van der Waals surface area contributed by atoms with E-state index in [1.807, 2.05) is 11.8 Å². The summed E-state index contributed by atoms with van der Waals surface area (Å²) in [5.41, 5.74) is 1.35. The summed E-state index contributed by atoms with van der Waals surface area (Å²) in [4.78, 5) is 1.39. The molecule has 0 aliphatic rings. The molecule has 0 aliphatic heterocycles. The van der Waals surface area contributed by atoms with E-state index in [4.69, 9.17) is 0 Å². The second kappa shape index (κ2) is 6.91. The molecule has 0 aliphatic carbocycles. The van der Waals surface area contributed by atoms with Crippen LogP contribution in [0.1, 0.15) is 19.4 Å². The minimum absolute atomic E-state index is 0.732. The van der Waals surface area contributed by atoms with Gasteiger partial charge in [0.2, 0.25) is 0 Å². The highest BCUT2D eigenvalue weighted by atomic mass is 32.2. The summed E-state index contributed by atoms with van der Waals surface area (Å²) >= 11 is 1.95. The molecule has 0 saturated heterocycles. The summed E-state index contributed by atoms with van der Waals surface area (Å²) in [6, 6.07) is 8.72. The average Bonchev–Trinajstić information content (AvgIpc) is 2.23. The van der Waals surface area contributed by atoms with Crippen molar-refractivity contribution >= 4 is 11.8 Å². The maximum absolute atomic E-state index is 3.38. The predicted molar refractivity (Wildman–Crippen MR) is 69.6 cm³/mol. The minimum atomic E-state index is 0.732. The standard InChI is InChI=1S/C13H21NS/c1-4-14-9-12(3)10-15-13-7-5-6-11(2)8-13/h5-8,12,14H,4,9-10H2,1-3H3. The molecule has 1 aromatic carbocycles. The highest BCUT2D eigenvalue weighted by Crippen LogP contribution is 2.21. The molecule has 0 fully saturated rings. The van der Waals surface area contributed by atoms with Gasteiger partial charge in [-0.1, -0.05) is 31.5 Å². The van der Waals surface area contributed by atoms with Crippen LogP contribution >= 0.6 is 11.8 Å². The Balaban J connectivity index is 2.30. The fourth-order valence-corrected chi connectivity index (χ4v) is 2.43. The summed E-state index contributed by atoms with van der Waals surface area (Å²) < 4.78 is 0. The van der Waals surface area contributed by atoms with Crippen molar-refractivity contribution in [3.63, 3.8) is 0 Å². The highest BCUT2D eigenvalue weighted by Gasteiger charge is 2.02. The SMILES string of the molecule is CCNCC(C)CSc1cccc(C)c1. The quantitative estimate of drug-likeness (QED) is 0.742. The van der Waals surface area contributed by atoms with Gasteiger partial charge in [-0.25, -0.2) is 0 Å². The lowest BCUT2D eigenvalue weighted by Gasteiger charge is -2.11. The van der Waals surface area contributed by atoms with Gasteiger partial charge in [-0.05, 0) is 38.1 Å². The van der Waals surface area contributed by atoms with Crippen LogP contribution < -0.4 is 5.32 Å². The second-order valence-corrected chi connectivity index (χ2v) is 5.13. The average molecular weight is 223 g/mol. The van der Waals surface area contributed by atoms with Gasteiger partial charge >= 0.3 is 0 Å². The molecule has 2 heteroatoms. The zero-order valence-electron chi connectivity index (χ0n) is 9.92. The number of thioether (sulfide) groups is 1. The molecule has 1 atom stereocenters. The Hall–Kier alpha value is -0.470. The van der Waals surface area contributed by atoms with Gasteiger partial charge in [-0.2, -0.15) is 0 Å². The van der Waals surface area contributed by atoms with Crippen molar-refractivity contribution in [1.29, 1.82) is 0 Å². The second-order valence-electron chi connectivity index (χ2n) is 4.04. The normalized spacial score (nSPS) is 12.7. The Bertz CT molecular complexity index is 286. The van der Waals surface area contributed by atoms with Crippen LogP contribution in [0.4, 0.5) is 0 Å². The van der Waals surface area contributed by atoms with E-state index in [-0.39, 0.29) is 0 Å². The number of aryl methyl sites for hydroxylation is 1. The topological polar surface area (TPSA) is 12.0 Å². The molecule has 0 radical (unpaired) electrons. The molecule has 0 aromatic heterocycles. The first-order valence-corrected chi connectivity index (χ1v) is 6.61. The molecule has 1 N–H and O–H groups in total. The molecular formula is C13H21NS. The first-order valence-electron chi connectivity index (χ1n) is 5.62. The summed E-state index contributed by atoms with van der Waals surface area (Å²) in [5, 5.41) is 3.38. The first kappa shape index (κ1) is 12.6. The fraction of sp³-hybridized carbons (Fsp3) is 0.538. The maximum Gasteiger partial charge on any atom is 0.00746 e. The Morgan fingerprint density at radius 2 is 2.20 bits per heavy atom. The van der Waals surface area contributed by atoms with E-state index in [1.54, 1.807) is 0 Å². The summed E-state index contributed by atoms with van der Waals surface area (Å²) in [5.74, 6) is 1.92. The van der Waals surface area contributed by atoms with Gasteiger partial charge in [0.1, 0.15) is 0 Å². The molecule has 1 nitrogen and oxygen atoms in total. The van der Waals surface area contributed by atoms with Gasteiger partial charge in [0.15, 0.2) is 0 Å². The van der Waals surface area contributed by atoms with Crippen molar-refractivity contribution in [2.45, 2.75) is 25.7 Å². The molecule has 0 heterocycles. The van der Waals surface area contributed by atoms with E-state index in [2.05, 4.69) is 50.4 Å². The van der Waals surface area contributed by atoms with Gasteiger partial charge in [0.05, 0.1) is 0 Å². The summed E-state index contributed by atoms with van der Waals surface area (Å²) in [6.07, 6.45) is 0. The molecule has 0 bridgehead atoms. The van der Waals surface area contributed by atoms with Gasteiger partial charge in [0.25, 0.3) is 0 Å². The van der Waals surface area contributed by atoms with Crippen LogP contribution in [0.25, 0.3) is 0 Å². The van der Waals surface area contributed by atoms with Crippen molar-refractivity contribution in [1.82, 2.24) is 5.32 Å². The number of hydrogen-bond acceptors (Lipinski definition) is 2. The van der Waals surface area contributed by atoms with Crippen LogP contribution in [-0.2, 0) is 0 Å². The van der Waals surface area contributed by atoms with Gasteiger partial charge in [0, 0.05) is 10.6 Å². The monoisotopic (exact) mass is 223 g/mol. The Kier molecular flexibility index (Phi) is 5.81. The molecule has 15 heavy (non-hydrogen) atoms. The van der Waals surface area contributed by atoms with Crippen LogP contribution in [0.2, 0.25) is 0 Å². The lowest BCUT2D eigenvalue weighted by atomic mass is 10.2. The van der Waals surface area contributed by atoms with Crippen molar-refractivity contribution in [2.75, 3.05) is 18.8 Å². The van der Waals surface area contributed by atoms with E-state index < -0.39 is 0 Å². The highest BCUT2D eigenvalue weighted by molar-refractivity contribution is 7.99. The fourth-order valence-electron chi connectivity index (χ4n) is 1.39. The number of rotatable bonds is 6. The molecule has 84 valence electrons. The molecule has 1 unspecified atom stereocenters. The van der Waals surface area contributed by atoms with Gasteiger partial charge in [-0.3, -0.25) is 0 Å². The van der Waals surface area contributed by atoms with E-state index in [9.17, 15) is 0 Å². The number of benzene rings is 1. The van der Waals surface area contributed by atoms with Gasteiger partial charge in [-0.15, -0.1) is 11.8 Å². The Labute approximate surface area is 97.7 Å². The van der Waals surface area contributed by atoms with Crippen molar-refractivity contribution in [3.05, 3.63) is 29.8 Å². The van der Waals surface area contributed by atoms with E-state index in [1.165, 1.54) is 16.2 Å². The Morgan fingerprint density at radius 1 is 1.40 bits per heavy atom. The molecule has 0 amide bonds. The molecular weight excluding hydrogens is 202 g/mol. The summed E-state index contributed by atoms with van der Waals surface area (Å²) in [7, 11) is 0. The Morgan fingerprint density at radius 3 is 2.87 bits per heavy atom. The van der Waals surface area contributed by atoms with Crippen LogP contribution in [0.3, 0.4) is 0 Å². The summed E-state index contributed by atoms with van der Waals surface area (Å²) in [6.45, 7) is 8.78. The third-order valence-electron chi connectivity index (χ3n) is 2.27. The van der Waals surface area contributed by atoms with Crippen LogP contribution in [-0.4, -0.2) is 18.8 Å². The zero-order chi connectivity index (χ0) is 11.1. The number of hydrogen-bond donors (Lipinski definition) is 1. The van der Waals surface area contributed by atoms with Crippen molar-refractivity contribution < 1.29 is 0 Å². The zero-order valence-corrected chi connectivity index (χ0v) is 10.7. The largest absolute Gasteiger partial charge is 0.317 e. The van der Waals surface area contributed by atoms with Gasteiger partial charge < -0.3 is 5.32 Å². The third-order valence-corrected chi connectivity index (χ3v) is 3.59. The lowest BCUT2D eigenvalue weighted by Crippen LogP contribution is -2.21. The smallest absolute Gasteiger partial charge is 0.00746 e. The molecule has 0 spiro atoms. The van der Waals surface area contributed by atoms with E-state index in [0.717, 1.165) is 19.0 Å². The van der Waals surface area contributed by atoms with E-state index >= 15 is 0 Å². The third kappa shape index (κ3) is 5.24. The number of nitrogens with one attached hydrogen (secondary N) is 1. The van der Waals surface area contributed by atoms with Crippen LogP contribution in [0, 0.1) is 12.8 Å². The molecule has 1 rings (SSSR count). The lowest BCUT2D eigenvalue weighted by molar-refractivity contribution is 0.574. The molecule has 1 aromatic rings. The maximum atomic E-state index is 3.38.